The zero-order chi connectivity index (χ0) is 13.7. The van der Waals surface area contributed by atoms with Crippen LogP contribution in [-0.4, -0.2) is 35.4 Å². The van der Waals surface area contributed by atoms with Crippen LogP contribution in [0.5, 0.6) is 0 Å². The molecular formula is C13H16N4O2. The number of aromatic nitrogens is 2. The fourth-order valence-electron chi connectivity index (χ4n) is 1.64. The second-order valence-corrected chi connectivity index (χ2v) is 4.05. The second kappa shape index (κ2) is 6.12. The van der Waals surface area contributed by atoms with Gasteiger partial charge in [-0.2, -0.15) is 5.10 Å². The van der Waals surface area contributed by atoms with E-state index in [2.05, 4.69) is 10.4 Å². The lowest BCUT2D eigenvalue weighted by Gasteiger charge is -2.12. The summed E-state index contributed by atoms with van der Waals surface area (Å²) in [5, 5.41) is 6.87. The van der Waals surface area contributed by atoms with E-state index in [9.17, 15) is 4.79 Å². The van der Waals surface area contributed by atoms with E-state index >= 15 is 0 Å². The van der Waals surface area contributed by atoms with Crippen molar-refractivity contribution in [2.75, 3.05) is 19.0 Å². The average Bonchev–Trinajstić information content (AvgIpc) is 2.93. The minimum absolute atomic E-state index is 0.185. The first-order valence-corrected chi connectivity index (χ1v) is 5.86. The SMILES string of the molecule is COCC(N)C(=O)Nc1cccc(-n2cccn2)c1. The van der Waals surface area contributed by atoms with E-state index in [-0.39, 0.29) is 12.5 Å². The summed E-state index contributed by atoms with van der Waals surface area (Å²) in [7, 11) is 1.51. The summed E-state index contributed by atoms with van der Waals surface area (Å²) < 4.78 is 6.56. The van der Waals surface area contributed by atoms with Crippen molar-refractivity contribution >= 4 is 11.6 Å². The Hall–Kier alpha value is -2.18. The summed E-state index contributed by atoms with van der Waals surface area (Å²) in [6.45, 7) is 0.185. The Morgan fingerprint density at radius 1 is 1.53 bits per heavy atom. The molecule has 1 aromatic heterocycles. The van der Waals surface area contributed by atoms with Gasteiger partial charge in [-0.3, -0.25) is 4.79 Å². The molecule has 100 valence electrons. The van der Waals surface area contributed by atoms with Gasteiger partial charge in [0.1, 0.15) is 6.04 Å². The van der Waals surface area contributed by atoms with Crippen LogP contribution in [-0.2, 0) is 9.53 Å². The standard InChI is InChI=1S/C13H16N4O2/c1-19-9-12(14)13(18)16-10-4-2-5-11(8-10)17-7-3-6-15-17/h2-8,12H,9,14H2,1H3,(H,16,18). The molecule has 1 amide bonds. The summed E-state index contributed by atoms with van der Waals surface area (Å²) in [6.07, 6.45) is 3.53. The van der Waals surface area contributed by atoms with E-state index in [0.29, 0.717) is 5.69 Å². The zero-order valence-electron chi connectivity index (χ0n) is 10.6. The molecule has 0 saturated heterocycles. The van der Waals surface area contributed by atoms with Crippen LogP contribution in [0.3, 0.4) is 0 Å². The topological polar surface area (TPSA) is 82.2 Å². The average molecular weight is 260 g/mol. The predicted octanol–water partition coefficient (Wildman–Crippen LogP) is 0.784. The lowest BCUT2D eigenvalue weighted by molar-refractivity contribution is -0.118. The number of methoxy groups -OCH3 is 1. The van der Waals surface area contributed by atoms with Gasteiger partial charge >= 0.3 is 0 Å². The molecule has 19 heavy (non-hydrogen) atoms. The molecule has 0 bridgehead atoms. The summed E-state index contributed by atoms with van der Waals surface area (Å²) in [6, 6.07) is 8.51. The van der Waals surface area contributed by atoms with E-state index in [4.69, 9.17) is 10.5 Å². The molecule has 6 nitrogen and oxygen atoms in total. The zero-order valence-corrected chi connectivity index (χ0v) is 10.6. The van der Waals surface area contributed by atoms with Gasteiger partial charge in [0.05, 0.1) is 12.3 Å². The number of carbonyl (C=O) groups excluding carboxylic acids is 1. The maximum absolute atomic E-state index is 11.8. The normalized spacial score (nSPS) is 12.1. The third-order valence-electron chi connectivity index (χ3n) is 2.57. The summed E-state index contributed by atoms with van der Waals surface area (Å²) >= 11 is 0. The van der Waals surface area contributed by atoms with Gasteiger partial charge in [-0.25, -0.2) is 4.68 Å². The summed E-state index contributed by atoms with van der Waals surface area (Å²) in [4.78, 5) is 11.8. The van der Waals surface area contributed by atoms with Crippen LogP contribution < -0.4 is 11.1 Å². The molecule has 3 N–H and O–H groups in total. The Balaban J connectivity index is 2.09. The molecular weight excluding hydrogens is 244 g/mol. The molecule has 0 aliphatic rings. The molecule has 1 atom stereocenters. The van der Waals surface area contributed by atoms with Crippen molar-refractivity contribution in [1.29, 1.82) is 0 Å². The number of rotatable bonds is 5. The monoisotopic (exact) mass is 260 g/mol. The van der Waals surface area contributed by atoms with Crippen LogP contribution in [0.25, 0.3) is 5.69 Å². The number of amides is 1. The van der Waals surface area contributed by atoms with Crippen molar-refractivity contribution < 1.29 is 9.53 Å². The number of anilines is 1. The van der Waals surface area contributed by atoms with Crippen LogP contribution in [0.15, 0.2) is 42.7 Å². The van der Waals surface area contributed by atoms with Crippen molar-refractivity contribution in [1.82, 2.24) is 9.78 Å². The first-order valence-electron chi connectivity index (χ1n) is 5.86. The quantitative estimate of drug-likeness (QED) is 0.832. The second-order valence-electron chi connectivity index (χ2n) is 4.05. The third-order valence-corrected chi connectivity index (χ3v) is 2.57. The number of nitrogens with two attached hydrogens (primary N) is 1. The summed E-state index contributed by atoms with van der Waals surface area (Å²) in [5.74, 6) is -0.278. The highest BCUT2D eigenvalue weighted by Gasteiger charge is 2.13. The van der Waals surface area contributed by atoms with E-state index in [1.807, 2.05) is 30.5 Å². The molecule has 0 radical (unpaired) electrons. The number of benzene rings is 1. The fraction of sp³-hybridized carbons (Fsp3) is 0.231. The molecule has 2 rings (SSSR count). The van der Waals surface area contributed by atoms with Crippen LogP contribution in [0.1, 0.15) is 0 Å². The van der Waals surface area contributed by atoms with Gasteiger partial charge in [-0.1, -0.05) is 6.07 Å². The molecule has 0 fully saturated rings. The molecule has 2 aromatic rings. The Kier molecular flexibility index (Phi) is 4.27. The molecule has 6 heteroatoms. The van der Waals surface area contributed by atoms with Crippen molar-refractivity contribution in [3.8, 4) is 5.69 Å². The van der Waals surface area contributed by atoms with Gasteiger partial charge in [0.25, 0.3) is 0 Å². The fourth-order valence-corrected chi connectivity index (χ4v) is 1.64. The minimum Gasteiger partial charge on any atom is -0.383 e. The van der Waals surface area contributed by atoms with Crippen LogP contribution in [0.2, 0.25) is 0 Å². The largest absolute Gasteiger partial charge is 0.383 e. The number of nitrogens with one attached hydrogen (secondary N) is 1. The van der Waals surface area contributed by atoms with Crippen LogP contribution in [0.4, 0.5) is 5.69 Å². The number of hydrogen-bond acceptors (Lipinski definition) is 4. The smallest absolute Gasteiger partial charge is 0.243 e. The van der Waals surface area contributed by atoms with Crippen molar-refractivity contribution in [2.24, 2.45) is 5.73 Å². The molecule has 0 spiro atoms. The molecule has 1 heterocycles. The number of nitrogens with zero attached hydrogens (tertiary/aromatic N) is 2. The van der Waals surface area contributed by atoms with Gasteiger partial charge in [0.2, 0.25) is 5.91 Å². The highest BCUT2D eigenvalue weighted by atomic mass is 16.5. The Labute approximate surface area is 111 Å². The number of ether oxygens (including phenoxy) is 1. The van der Waals surface area contributed by atoms with Gasteiger partial charge in [0.15, 0.2) is 0 Å². The molecule has 0 saturated carbocycles. The Morgan fingerprint density at radius 2 is 2.37 bits per heavy atom. The van der Waals surface area contributed by atoms with Gasteiger partial charge in [-0.05, 0) is 24.3 Å². The van der Waals surface area contributed by atoms with Crippen LogP contribution >= 0.6 is 0 Å². The number of hydrogen-bond donors (Lipinski definition) is 2. The first-order chi connectivity index (χ1) is 9.20. The van der Waals surface area contributed by atoms with E-state index < -0.39 is 6.04 Å². The van der Waals surface area contributed by atoms with Gasteiger partial charge in [0, 0.05) is 25.2 Å². The maximum atomic E-state index is 11.8. The van der Waals surface area contributed by atoms with E-state index in [0.717, 1.165) is 5.69 Å². The lowest BCUT2D eigenvalue weighted by atomic mass is 10.2. The Bertz CT molecular complexity index is 539. The van der Waals surface area contributed by atoms with E-state index in [1.165, 1.54) is 7.11 Å². The molecule has 1 aromatic carbocycles. The van der Waals surface area contributed by atoms with Crippen molar-refractivity contribution in [2.45, 2.75) is 6.04 Å². The third kappa shape index (κ3) is 3.40. The van der Waals surface area contributed by atoms with Gasteiger partial charge in [-0.15, -0.1) is 0 Å². The van der Waals surface area contributed by atoms with Crippen LogP contribution in [0, 0.1) is 0 Å². The Morgan fingerprint density at radius 3 is 3.05 bits per heavy atom. The highest BCUT2D eigenvalue weighted by Crippen LogP contribution is 2.13. The molecule has 1 unspecified atom stereocenters. The first kappa shape index (κ1) is 13.3. The summed E-state index contributed by atoms with van der Waals surface area (Å²) in [5.41, 5.74) is 7.19. The lowest BCUT2D eigenvalue weighted by Crippen LogP contribution is -2.39. The van der Waals surface area contributed by atoms with Crippen molar-refractivity contribution in [3.63, 3.8) is 0 Å². The van der Waals surface area contributed by atoms with Gasteiger partial charge < -0.3 is 15.8 Å². The minimum atomic E-state index is -0.682. The maximum Gasteiger partial charge on any atom is 0.243 e. The van der Waals surface area contributed by atoms with E-state index in [1.54, 1.807) is 16.9 Å². The molecule has 0 aliphatic carbocycles. The van der Waals surface area contributed by atoms with Crippen molar-refractivity contribution in [3.05, 3.63) is 42.7 Å². The predicted molar refractivity (Wildman–Crippen MR) is 72.0 cm³/mol. The molecule has 0 aliphatic heterocycles. The number of carbonyl (C=O) groups is 1. The highest BCUT2D eigenvalue weighted by molar-refractivity contribution is 5.94.